The van der Waals surface area contributed by atoms with Crippen molar-refractivity contribution in [1.29, 1.82) is 0 Å². The van der Waals surface area contributed by atoms with Crippen molar-refractivity contribution in [3.63, 3.8) is 0 Å². The number of rotatable bonds is 8. The number of ether oxygens (including phenoxy) is 5. The maximum Gasteiger partial charge on any atom is 0.160 e. The summed E-state index contributed by atoms with van der Waals surface area (Å²) in [6.07, 6.45) is 16.9. The molecule has 0 radical (unpaired) electrons. The largest absolute Gasteiger partial charge is 0.378 e. The molecule has 8 rings (SSSR count). The zero-order valence-corrected chi connectivity index (χ0v) is 59.3. The van der Waals surface area contributed by atoms with E-state index < -0.39 is 0 Å². The molecule has 9 nitrogen and oxygen atoms in total. The molecule has 5 atom stereocenters. The van der Waals surface area contributed by atoms with Crippen molar-refractivity contribution in [1.82, 2.24) is 16.1 Å². The van der Waals surface area contributed by atoms with Gasteiger partial charge in [0.25, 0.3) is 0 Å². The highest BCUT2D eigenvalue weighted by Crippen LogP contribution is 2.32. The van der Waals surface area contributed by atoms with Crippen molar-refractivity contribution in [3.8, 4) is 0 Å². The van der Waals surface area contributed by atoms with Crippen LogP contribution in [0, 0.1) is 65.1 Å². The Labute approximate surface area is 490 Å². The van der Waals surface area contributed by atoms with Crippen LogP contribution in [0.1, 0.15) is 292 Å². The predicted octanol–water partition coefficient (Wildman–Crippen LogP) is 20.1. The standard InChI is InChI=1S/C8H16.C7H14O.C7H14.2C6H13NO.C6H13N.C6H12O2.C6H12O.8C2H6/c1-7(2)8-5-3-4-6-8;1-6(2)7-4-3-5-8-7;1-6(2)7-4-3-5-7;1-5(2)6-3-8-4-7-6;1-5(2)6-3-7-8-4-6;1-5(2)6-3-4-7-6;1-5(2)6-7-3-4-8-6;1-5(2)6-3-4-7-6;8*1-2/h7-8H,3-6H2,1-2H3;6-7H,3-5H2,1-2H3;6-7H,3-5H2,1-2H3;2*5-7H,3-4H2,1-2H3;5-7H,3-4H2,1-2H3;5-6H,3-4H2,1-2H3;5-6H,3-4H2,1-2H3;8*1-2H3. The average Bonchev–Trinajstić information content (AvgIpc) is 4.26. The van der Waals surface area contributed by atoms with Gasteiger partial charge in [-0.2, -0.15) is 0 Å². The fraction of sp³-hybridized carbons (Fsp3) is 1.00. The third-order valence-corrected chi connectivity index (χ3v) is 13.7. The summed E-state index contributed by atoms with van der Waals surface area (Å²) < 4.78 is 26.1. The minimum absolute atomic E-state index is 0.0648. The molecule has 0 spiro atoms. The summed E-state index contributed by atoms with van der Waals surface area (Å²) in [5.41, 5.74) is 2.85. The molecule has 478 valence electrons. The summed E-state index contributed by atoms with van der Waals surface area (Å²) in [5, 5.41) is 6.58. The van der Waals surface area contributed by atoms with Gasteiger partial charge in [-0.1, -0.05) is 267 Å². The van der Waals surface area contributed by atoms with Crippen LogP contribution in [0.4, 0.5) is 0 Å². The predicted molar refractivity (Wildman–Crippen MR) is 349 cm³/mol. The molecule has 77 heavy (non-hydrogen) atoms. The Morgan fingerprint density at radius 3 is 0.844 bits per heavy atom. The van der Waals surface area contributed by atoms with Crippen molar-refractivity contribution < 1.29 is 28.5 Å². The summed E-state index contributed by atoms with van der Waals surface area (Å²) in [7, 11) is 0. The van der Waals surface area contributed by atoms with Gasteiger partial charge in [-0.15, -0.1) is 0 Å². The van der Waals surface area contributed by atoms with E-state index in [1.165, 1.54) is 77.2 Å². The molecule has 6 saturated heterocycles. The summed E-state index contributed by atoms with van der Waals surface area (Å²) >= 11 is 0. The van der Waals surface area contributed by atoms with E-state index in [1.54, 1.807) is 0 Å². The minimum atomic E-state index is 0.0648. The number of hydrogen-bond donors (Lipinski definition) is 3. The van der Waals surface area contributed by atoms with Crippen LogP contribution < -0.4 is 16.1 Å². The first-order valence-corrected chi connectivity index (χ1v) is 33.8. The van der Waals surface area contributed by atoms with Crippen LogP contribution in [0.15, 0.2) is 0 Å². The molecule has 3 N–H and O–H groups in total. The molecule has 2 aliphatic carbocycles. The van der Waals surface area contributed by atoms with Gasteiger partial charge >= 0.3 is 0 Å². The smallest absolute Gasteiger partial charge is 0.160 e. The van der Waals surface area contributed by atoms with Gasteiger partial charge in [0.15, 0.2) is 6.29 Å². The van der Waals surface area contributed by atoms with E-state index in [2.05, 4.69) is 127 Å². The van der Waals surface area contributed by atoms with E-state index in [0.717, 1.165) is 112 Å². The van der Waals surface area contributed by atoms with Crippen LogP contribution in [0.5, 0.6) is 0 Å². The number of nitrogens with one attached hydrogen (secondary N) is 3. The van der Waals surface area contributed by atoms with E-state index >= 15 is 0 Å². The lowest BCUT2D eigenvalue weighted by atomic mass is 9.78. The second-order valence-electron chi connectivity index (χ2n) is 21.6. The Morgan fingerprint density at radius 1 is 0.325 bits per heavy atom. The Kier molecular flexibility index (Phi) is 86.7. The van der Waals surface area contributed by atoms with Crippen LogP contribution in [0.3, 0.4) is 0 Å². The Balaban J connectivity index is -0.000000113. The fourth-order valence-electron chi connectivity index (χ4n) is 7.94. The lowest BCUT2D eigenvalue weighted by Crippen LogP contribution is -2.46. The van der Waals surface area contributed by atoms with Gasteiger partial charge in [-0.05, 0) is 85.5 Å². The molecule has 8 fully saturated rings. The third kappa shape index (κ3) is 57.3. The normalized spacial score (nSPS) is 22.2. The van der Waals surface area contributed by atoms with Crippen LogP contribution in [-0.4, -0.2) is 90.0 Å². The van der Waals surface area contributed by atoms with Gasteiger partial charge in [-0.3, -0.25) is 5.32 Å². The van der Waals surface area contributed by atoms with E-state index in [-0.39, 0.29) is 6.29 Å². The summed E-state index contributed by atoms with van der Waals surface area (Å²) in [4.78, 5) is 4.97. The molecular weight excluding hydrogens is 955 g/mol. The molecule has 8 aliphatic rings. The van der Waals surface area contributed by atoms with Crippen LogP contribution >= 0.6 is 0 Å². The molecule has 0 bridgehead atoms. The zero-order valence-electron chi connectivity index (χ0n) is 59.3. The number of hydrogen-bond acceptors (Lipinski definition) is 9. The third-order valence-electron chi connectivity index (χ3n) is 13.7. The van der Waals surface area contributed by atoms with E-state index in [9.17, 15) is 0 Å². The van der Waals surface area contributed by atoms with E-state index in [1.807, 2.05) is 111 Å². The monoisotopic (exact) mass is 1110 g/mol. The Morgan fingerprint density at radius 2 is 0.714 bits per heavy atom. The molecule has 5 unspecified atom stereocenters. The van der Waals surface area contributed by atoms with Gasteiger partial charge in [-0.25, -0.2) is 5.48 Å². The molecule has 6 heterocycles. The molecule has 0 aromatic rings. The van der Waals surface area contributed by atoms with Crippen molar-refractivity contribution in [2.45, 2.75) is 323 Å². The summed E-state index contributed by atoms with van der Waals surface area (Å²) in [6, 6.07) is 1.43. The van der Waals surface area contributed by atoms with E-state index in [0.29, 0.717) is 30.1 Å². The van der Waals surface area contributed by atoms with Crippen molar-refractivity contribution in [2.24, 2.45) is 65.1 Å². The van der Waals surface area contributed by atoms with Crippen LogP contribution in [-0.2, 0) is 28.5 Å². The first kappa shape index (κ1) is 93.1. The Hall–Kier alpha value is -0.360. The highest BCUT2D eigenvalue weighted by molar-refractivity contribution is 4.79. The SMILES string of the molecule is CC.CC.CC.CC.CC.CC.CC.CC.CC(C)C1CCC1.CC(C)C1CCCC1.CC(C)C1CCCO1.CC(C)C1CCN1.CC(C)C1CCO1.CC(C)C1CNOC1.CC(C)C1COCN1.CC(C)C1OCCO1. The summed E-state index contributed by atoms with van der Waals surface area (Å²) in [5.74, 6) is 9.02. The van der Waals surface area contributed by atoms with E-state index in [4.69, 9.17) is 28.5 Å². The maximum absolute atomic E-state index is 5.41. The quantitative estimate of drug-likeness (QED) is 0.220. The van der Waals surface area contributed by atoms with Crippen LogP contribution in [0.25, 0.3) is 0 Å². The second-order valence-corrected chi connectivity index (χ2v) is 21.6. The highest BCUT2D eigenvalue weighted by Gasteiger charge is 2.23. The lowest BCUT2D eigenvalue weighted by Gasteiger charge is -2.30. The molecular formula is C68H155N3O6. The minimum Gasteiger partial charge on any atom is -0.378 e. The van der Waals surface area contributed by atoms with Gasteiger partial charge in [0, 0.05) is 43.7 Å². The van der Waals surface area contributed by atoms with Gasteiger partial charge < -0.3 is 33.8 Å². The van der Waals surface area contributed by atoms with Crippen molar-refractivity contribution >= 4 is 0 Å². The molecule has 0 aromatic heterocycles. The second kappa shape index (κ2) is 71.7. The average molecular weight is 1110 g/mol. The molecule has 2 saturated carbocycles. The Bertz CT molecular complexity index is 797. The molecule has 0 amide bonds. The molecule has 6 aliphatic heterocycles. The molecule has 9 heteroatoms. The van der Waals surface area contributed by atoms with Gasteiger partial charge in [0.05, 0.1) is 45.4 Å². The number of hydroxylamine groups is 1. The first-order chi connectivity index (χ1) is 36.9. The topological polar surface area (TPSA) is 91.5 Å². The lowest BCUT2D eigenvalue weighted by molar-refractivity contribution is -0.0763. The maximum atomic E-state index is 5.41. The zero-order chi connectivity index (χ0) is 61.7. The van der Waals surface area contributed by atoms with Gasteiger partial charge in [0.2, 0.25) is 0 Å². The van der Waals surface area contributed by atoms with Gasteiger partial charge in [0.1, 0.15) is 0 Å². The fourth-order valence-corrected chi connectivity index (χ4v) is 7.94. The van der Waals surface area contributed by atoms with Crippen molar-refractivity contribution in [3.05, 3.63) is 0 Å². The first-order valence-electron chi connectivity index (χ1n) is 33.8. The highest BCUT2D eigenvalue weighted by atomic mass is 16.7. The molecule has 0 aromatic carbocycles. The van der Waals surface area contributed by atoms with Crippen molar-refractivity contribution in [2.75, 3.05) is 59.5 Å². The van der Waals surface area contributed by atoms with Crippen LogP contribution in [0.2, 0.25) is 0 Å². The summed E-state index contributed by atoms with van der Waals surface area (Å²) in [6.45, 7) is 76.0.